The minimum atomic E-state index is -5.89. The molecule has 0 radical (unpaired) electrons. The first-order valence-electron chi connectivity index (χ1n) is 34.8. The molecule has 0 amide bonds. The van der Waals surface area contributed by atoms with Gasteiger partial charge in [0.15, 0.2) is 37.6 Å². The number of phosphoric ester groups is 1. The summed E-state index contributed by atoms with van der Waals surface area (Å²) >= 11 is 0. The third-order valence-electron chi connectivity index (χ3n) is 18.8. The van der Waals surface area contributed by atoms with Crippen LogP contribution in [0.1, 0.15) is 117 Å². The van der Waals surface area contributed by atoms with Gasteiger partial charge in [0.1, 0.15) is 172 Å². The van der Waals surface area contributed by atoms with Crippen molar-refractivity contribution in [3.8, 4) is 0 Å². The third-order valence-corrected chi connectivity index (χ3v) is 19.8. The Morgan fingerprint density at radius 3 is 1.30 bits per heavy atom. The molecule has 40 heteroatoms. The van der Waals surface area contributed by atoms with E-state index in [0.717, 1.165) is 38.5 Å². The summed E-state index contributed by atoms with van der Waals surface area (Å²) in [6.07, 6.45) is -58.9. The summed E-state index contributed by atoms with van der Waals surface area (Å²) in [7, 11) is -5.89. The van der Waals surface area contributed by atoms with E-state index in [9.17, 15) is 121 Å². The quantitative estimate of drug-likeness (QED) is 0.00889. The van der Waals surface area contributed by atoms with E-state index >= 15 is 0 Å². The largest absolute Gasteiger partial charge is 0.472 e. The highest BCUT2D eigenvalue weighted by Crippen LogP contribution is 2.49. The molecule has 5 aliphatic heterocycles. The van der Waals surface area contributed by atoms with E-state index in [-0.39, 0.29) is 25.7 Å². The standard InChI is InChI=1S/C63H109O39P/c1-5-8-9-15-20-37(68)93-29(23-88-36(67)19-16-13-11-10-12-14-18-28(4)7-3)24-92-103(86,87)102-58-55(99-61-53(84)45(76)40(71)32(97-61)25-89-35(66)17-6-2)49(80)47(78)50(81)56(58)100-62-54(85)46(77)42(73)34(98-62)26-90-59-51(82)44(75)41(72)33(96-59)27-91-63-57(48(79)39(70)31(22-65)95-63)101-60-52(83)43(74)38(69)30(21-64)94-60/h28-34,38-65,69-85H,1-2,5-27H2,3-4H3,(H,86,87)/q-2/t28-,29-,30-,31-,32-,33-,34-,38-,39-,40-,41-,42-,43+,44+,45+,46+,47-,48+,49-,50+,51+,52+,53+,54+,55-,56-,57+,58-,59+,60-,61-,62-,63+/m1/s1. The zero-order chi connectivity index (χ0) is 76.2. The number of rotatable bonds is 41. The zero-order valence-electron chi connectivity index (χ0n) is 57.4. The van der Waals surface area contributed by atoms with Crippen LogP contribution in [-0.2, 0) is 89.6 Å². The number of aliphatic hydroxyl groups excluding tert-OH is 19. The monoisotopic (exact) mass is 1520 g/mol. The first kappa shape index (κ1) is 89.3. The maximum Gasteiger partial charge on any atom is 0.472 e. The SMILES string of the molecule is [CH2-]CCCCCC(=O)O[C@H](COC(=O)CCCCCCCC[C@H](C)CC)COP(=O)(O)O[C@@H]1[C@H](O[C@H]2O[C@H](COC(=O)CC[CH2-])[C@@H](O)[C@H](O)[C@@H]2O)[C@H](O)[C@@H](O)[C@H](O)[C@H]1O[C@H]1O[C@H](CO[C@H]2O[C@H](CO[C@H]3O[C@H](CO)[C@@H](O)[C@H](O)[C@@H]3O[C@H]3O[C@H](CO)[C@@H](O)[C@H](O)[C@@H]3O)[C@@H](O)[C@H](O)[C@@H]2O)[C@@H](O)[C@H](O)[C@@H]1O. The summed E-state index contributed by atoms with van der Waals surface area (Å²) in [6.45, 7) is 5.15. The van der Waals surface area contributed by atoms with Gasteiger partial charge in [0.25, 0.3) is 0 Å². The number of ether oxygens (including phenoxy) is 13. The minimum Gasteiger partial charge on any atom is -0.463 e. The molecule has 1 saturated carbocycles. The van der Waals surface area contributed by atoms with Crippen molar-refractivity contribution in [2.24, 2.45) is 5.92 Å². The maximum atomic E-state index is 14.4. The molecule has 5 heterocycles. The van der Waals surface area contributed by atoms with Crippen molar-refractivity contribution in [3.05, 3.63) is 13.8 Å². The molecule has 0 aromatic heterocycles. The molecule has 39 nitrogen and oxygen atoms in total. The molecule has 0 spiro atoms. The average Bonchev–Trinajstić information content (AvgIpc) is 0.759. The molecule has 6 rings (SSSR count). The third kappa shape index (κ3) is 24.9. The van der Waals surface area contributed by atoms with Crippen molar-refractivity contribution in [2.45, 2.75) is 313 Å². The number of esters is 3. The molecular weight excluding hydrogens is 1410 g/mol. The molecule has 20 N–H and O–H groups in total. The van der Waals surface area contributed by atoms with E-state index in [2.05, 4.69) is 27.7 Å². The van der Waals surface area contributed by atoms with Crippen molar-refractivity contribution < 1.29 is 191 Å². The van der Waals surface area contributed by atoms with Gasteiger partial charge in [-0.2, -0.15) is 12.8 Å². The molecule has 34 atom stereocenters. The molecule has 6 aliphatic rings. The summed E-state index contributed by atoms with van der Waals surface area (Å²) < 4.78 is 98.3. The summed E-state index contributed by atoms with van der Waals surface area (Å²) in [6, 6.07) is 0. The normalized spacial score (nSPS) is 40.7. The first-order valence-corrected chi connectivity index (χ1v) is 36.3. The van der Waals surface area contributed by atoms with Gasteiger partial charge in [-0.3, -0.25) is 23.4 Å². The van der Waals surface area contributed by atoms with Crippen LogP contribution >= 0.6 is 7.82 Å². The minimum absolute atomic E-state index is 0.0406. The number of carbonyl (C=O) groups is 3. The van der Waals surface area contributed by atoms with E-state index in [1.165, 1.54) is 0 Å². The molecule has 1 unspecified atom stereocenters. The lowest BCUT2D eigenvalue weighted by Crippen LogP contribution is -2.69. The summed E-state index contributed by atoms with van der Waals surface area (Å²) in [5, 5.41) is 208. The Hall–Kier alpha value is -2.64. The molecule has 0 aromatic carbocycles. The van der Waals surface area contributed by atoms with Crippen molar-refractivity contribution >= 4 is 25.7 Å². The van der Waals surface area contributed by atoms with Gasteiger partial charge in [-0.05, 0) is 18.8 Å². The second-order valence-corrected chi connectivity index (χ2v) is 28.0. The molecule has 0 aromatic rings. The van der Waals surface area contributed by atoms with E-state index < -0.39 is 268 Å². The van der Waals surface area contributed by atoms with Crippen molar-refractivity contribution in [1.82, 2.24) is 0 Å². The highest BCUT2D eigenvalue weighted by atomic mass is 31.2. The van der Waals surface area contributed by atoms with E-state index in [0.29, 0.717) is 44.4 Å². The number of phosphoric acid groups is 1. The lowest BCUT2D eigenvalue weighted by Gasteiger charge is -2.49. The fourth-order valence-electron chi connectivity index (χ4n) is 12.2. The molecule has 5 saturated heterocycles. The van der Waals surface area contributed by atoms with Gasteiger partial charge in [-0.15, -0.1) is 0 Å². The molecule has 1 aliphatic carbocycles. The van der Waals surface area contributed by atoms with Gasteiger partial charge < -0.3 is 177 Å². The van der Waals surface area contributed by atoms with Crippen LogP contribution < -0.4 is 0 Å². The Bertz CT molecular complexity index is 2520. The van der Waals surface area contributed by atoms with Crippen LogP contribution in [0, 0.1) is 19.8 Å². The molecule has 602 valence electrons. The van der Waals surface area contributed by atoms with Gasteiger partial charge in [0, 0.05) is 19.3 Å². The van der Waals surface area contributed by atoms with Crippen LogP contribution in [0.4, 0.5) is 0 Å². The van der Waals surface area contributed by atoms with Gasteiger partial charge in [-0.25, -0.2) is 4.57 Å². The van der Waals surface area contributed by atoms with Crippen molar-refractivity contribution in [3.63, 3.8) is 0 Å². The Morgan fingerprint density at radius 1 is 0.408 bits per heavy atom. The Morgan fingerprint density at radius 2 is 0.796 bits per heavy atom. The van der Waals surface area contributed by atoms with Crippen LogP contribution in [0.2, 0.25) is 0 Å². The van der Waals surface area contributed by atoms with Crippen LogP contribution in [-0.4, -0.2) is 362 Å². The number of hydrogen-bond donors (Lipinski definition) is 20. The molecule has 6 fully saturated rings. The first-order chi connectivity index (χ1) is 48.8. The Kier molecular flexibility index (Phi) is 37.3. The highest BCUT2D eigenvalue weighted by Gasteiger charge is 2.59. The highest BCUT2D eigenvalue weighted by molar-refractivity contribution is 7.47. The number of hydrogen-bond acceptors (Lipinski definition) is 38. The summed E-state index contributed by atoms with van der Waals surface area (Å²) in [5.41, 5.74) is 0. The average molecular weight is 1520 g/mol. The summed E-state index contributed by atoms with van der Waals surface area (Å²) in [4.78, 5) is 50.0. The predicted octanol–water partition coefficient (Wildman–Crippen LogP) is -7.00. The molecular formula is C63H109O39P-2. The van der Waals surface area contributed by atoms with Crippen LogP contribution in [0.15, 0.2) is 0 Å². The van der Waals surface area contributed by atoms with Gasteiger partial charge in [0.2, 0.25) is 0 Å². The second kappa shape index (κ2) is 43.1. The van der Waals surface area contributed by atoms with Crippen LogP contribution in [0.5, 0.6) is 0 Å². The molecule has 0 bridgehead atoms. The lowest BCUT2D eigenvalue weighted by molar-refractivity contribution is -0.375. The van der Waals surface area contributed by atoms with Crippen molar-refractivity contribution in [2.75, 3.05) is 46.2 Å². The number of aliphatic hydroxyl groups is 19. The van der Waals surface area contributed by atoms with Crippen molar-refractivity contribution in [1.29, 1.82) is 0 Å². The fourth-order valence-corrected chi connectivity index (χ4v) is 13.1. The lowest BCUT2D eigenvalue weighted by atomic mass is 9.84. The molecule has 103 heavy (non-hydrogen) atoms. The number of carbonyl (C=O) groups excluding carboxylic acids is 3. The van der Waals surface area contributed by atoms with Gasteiger partial charge in [-0.1, -0.05) is 71.6 Å². The fraction of sp³-hybridized carbons (Fsp3) is 0.921. The summed E-state index contributed by atoms with van der Waals surface area (Å²) in [5.74, 6) is -1.77. The van der Waals surface area contributed by atoms with Crippen LogP contribution in [0.25, 0.3) is 0 Å². The van der Waals surface area contributed by atoms with E-state index in [1.54, 1.807) is 0 Å². The zero-order valence-corrected chi connectivity index (χ0v) is 58.3. The number of unbranched alkanes of at least 4 members (excludes halogenated alkanes) is 8. The topological polar surface area (TPSA) is 611 Å². The van der Waals surface area contributed by atoms with Crippen LogP contribution in [0.3, 0.4) is 0 Å². The maximum absolute atomic E-state index is 14.4. The predicted molar refractivity (Wildman–Crippen MR) is 338 cm³/mol. The van der Waals surface area contributed by atoms with E-state index in [1.807, 2.05) is 0 Å². The van der Waals surface area contributed by atoms with E-state index in [4.69, 9.17) is 70.6 Å². The van der Waals surface area contributed by atoms with Gasteiger partial charge in [0.05, 0.1) is 33.0 Å². The van der Waals surface area contributed by atoms with Gasteiger partial charge >= 0.3 is 25.7 Å². The second-order valence-electron chi connectivity index (χ2n) is 26.6. The smallest absolute Gasteiger partial charge is 0.463 e. The Balaban J connectivity index is 1.22. The Labute approximate surface area is 594 Å².